The van der Waals surface area contributed by atoms with Gasteiger partial charge in [-0.2, -0.15) is 0 Å². The van der Waals surface area contributed by atoms with Gasteiger partial charge in [0.2, 0.25) is 5.91 Å². The molecule has 0 saturated carbocycles. The number of hydrogen-bond acceptors (Lipinski definition) is 4. The lowest BCUT2D eigenvalue weighted by Crippen LogP contribution is -2.26. The lowest BCUT2D eigenvalue weighted by atomic mass is 10.1. The Morgan fingerprint density at radius 2 is 1.77 bits per heavy atom. The van der Waals surface area contributed by atoms with E-state index in [1.165, 1.54) is 0 Å². The van der Waals surface area contributed by atoms with E-state index in [4.69, 9.17) is 9.72 Å². The van der Waals surface area contributed by atoms with E-state index in [9.17, 15) is 9.90 Å². The van der Waals surface area contributed by atoms with Crippen molar-refractivity contribution in [2.75, 3.05) is 18.1 Å². The van der Waals surface area contributed by atoms with Gasteiger partial charge in [-0.05, 0) is 61.7 Å². The fourth-order valence-electron chi connectivity index (χ4n) is 4.99. The summed E-state index contributed by atoms with van der Waals surface area (Å²) in [4.78, 5) is 19.7. The molecule has 0 radical (unpaired) electrons. The highest BCUT2D eigenvalue weighted by molar-refractivity contribution is 5.96. The summed E-state index contributed by atoms with van der Waals surface area (Å²) in [6, 6.07) is 22.0. The topological polar surface area (TPSA) is 67.6 Å². The Hall–Kier alpha value is -3.64. The maximum Gasteiger partial charge on any atom is 0.227 e. The average molecular weight is 470 g/mol. The van der Waals surface area contributed by atoms with Crippen LogP contribution >= 0.6 is 0 Å². The molecule has 3 aromatic carbocycles. The molecule has 1 aliphatic heterocycles. The quantitative estimate of drug-likeness (QED) is 0.417. The first-order valence-corrected chi connectivity index (χ1v) is 12.1. The molecule has 0 aliphatic carbocycles. The van der Waals surface area contributed by atoms with E-state index in [0.29, 0.717) is 19.5 Å². The first kappa shape index (κ1) is 23.1. The molecule has 1 aromatic heterocycles. The van der Waals surface area contributed by atoms with Crippen molar-refractivity contribution >= 4 is 22.6 Å². The van der Waals surface area contributed by atoms with Crippen molar-refractivity contribution in [3.05, 3.63) is 89.2 Å². The first-order chi connectivity index (χ1) is 16.9. The van der Waals surface area contributed by atoms with Crippen molar-refractivity contribution in [2.45, 2.75) is 45.8 Å². The van der Waals surface area contributed by atoms with Crippen molar-refractivity contribution in [1.82, 2.24) is 9.55 Å². The van der Waals surface area contributed by atoms with Crippen molar-refractivity contribution < 1.29 is 14.6 Å². The molecule has 0 spiro atoms. The summed E-state index contributed by atoms with van der Waals surface area (Å²) in [6.07, 6.45) is -0.331. The van der Waals surface area contributed by atoms with Crippen LogP contribution in [0.15, 0.2) is 66.7 Å². The van der Waals surface area contributed by atoms with Gasteiger partial charge >= 0.3 is 0 Å². The van der Waals surface area contributed by atoms with Crippen LogP contribution in [0, 0.1) is 20.8 Å². The molecule has 0 unspecified atom stereocenters. The molecule has 1 fully saturated rings. The summed E-state index contributed by atoms with van der Waals surface area (Å²) in [6.45, 7) is 7.14. The van der Waals surface area contributed by atoms with E-state index in [1.807, 2.05) is 92.4 Å². The Labute approximate surface area is 205 Å². The van der Waals surface area contributed by atoms with Gasteiger partial charge < -0.3 is 19.3 Å². The number of aryl methyl sites for hydroxylation is 3. The summed E-state index contributed by atoms with van der Waals surface area (Å²) in [5, 5.41) is 11.0. The number of carbonyl (C=O) groups excluding carboxylic acids is 1. The fraction of sp³-hybridized carbons (Fsp3) is 0.310. The second kappa shape index (κ2) is 9.55. The minimum atomic E-state index is -0.727. The number of ether oxygens (including phenoxy) is 1. The van der Waals surface area contributed by atoms with Crippen LogP contribution in [0.4, 0.5) is 5.69 Å². The van der Waals surface area contributed by atoms with Gasteiger partial charge in [0, 0.05) is 24.6 Å². The molecule has 2 atom stereocenters. The van der Waals surface area contributed by atoms with Crippen LogP contribution in [0.2, 0.25) is 0 Å². The third-order valence-electron chi connectivity index (χ3n) is 6.71. The van der Waals surface area contributed by atoms with Crippen LogP contribution in [0.3, 0.4) is 0 Å². The lowest BCUT2D eigenvalue weighted by Gasteiger charge is -2.20. The summed E-state index contributed by atoms with van der Waals surface area (Å²) in [7, 11) is 0. The van der Waals surface area contributed by atoms with Crippen molar-refractivity contribution in [1.29, 1.82) is 0 Å². The lowest BCUT2D eigenvalue weighted by molar-refractivity contribution is -0.117. The molecule has 1 N–H and O–H groups in total. The number of amides is 1. The van der Waals surface area contributed by atoms with Crippen molar-refractivity contribution in [3.63, 3.8) is 0 Å². The zero-order valence-electron chi connectivity index (χ0n) is 20.4. The van der Waals surface area contributed by atoms with Crippen LogP contribution in [0.25, 0.3) is 11.0 Å². The summed E-state index contributed by atoms with van der Waals surface area (Å²) < 4.78 is 8.07. The summed E-state index contributed by atoms with van der Waals surface area (Å²) in [5.74, 6) is 1.69. The fourth-order valence-corrected chi connectivity index (χ4v) is 4.99. The Balaban J connectivity index is 1.39. The maximum atomic E-state index is 13.0. The summed E-state index contributed by atoms with van der Waals surface area (Å²) >= 11 is 0. The Morgan fingerprint density at radius 3 is 2.54 bits per heavy atom. The standard InChI is InChI=1S/C29H31N3O3/c1-19-8-6-11-23(14-19)31-16-22(15-27(31)34)29-30-25-12-4-5-13-26(25)32(29)17-24(33)18-35-28-20(2)9-7-10-21(28)3/h4-14,22,24,33H,15-18H2,1-3H3/t22-,24-/m0/s1. The van der Waals surface area contributed by atoms with Crippen molar-refractivity contribution in [2.24, 2.45) is 0 Å². The number of fused-ring (bicyclic) bond motifs is 1. The highest BCUT2D eigenvalue weighted by Gasteiger charge is 2.35. The highest BCUT2D eigenvalue weighted by atomic mass is 16.5. The number of aliphatic hydroxyl groups is 1. The van der Waals surface area contributed by atoms with Gasteiger partial charge in [0.05, 0.1) is 17.6 Å². The second-order valence-electron chi connectivity index (χ2n) is 9.50. The summed E-state index contributed by atoms with van der Waals surface area (Å²) in [5.41, 5.74) is 5.96. The number of anilines is 1. The largest absolute Gasteiger partial charge is 0.490 e. The number of aromatic nitrogens is 2. The van der Waals surface area contributed by atoms with E-state index < -0.39 is 6.10 Å². The van der Waals surface area contributed by atoms with Crippen molar-refractivity contribution in [3.8, 4) is 5.75 Å². The second-order valence-corrected chi connectivity index (χ2v) is 9.50. The molecule has 1 amide bonds. The van der Waals surface area contributed by atoms with Crippen LogP contribution in [0.1, 0.15) is 34.9 Å². The predicted octanol–water partition coefficient (Wildman–Crippen LogP) is 4.92. The van der Waals surface area contributed by atoms with Gasteiger partial charge in [0.15, 0.2) is 0 Å². The number of imidazole rings is 1. The number of para-hydroxylation sites is 3. The molecular weight excluding hydrogens is 438 g/mol. The molecule has 5 rings (SSSR count). The third-order valence-corrected chi connectivity index (χ3v) is 6.71. The monoisotopic (exact) mass is 469 g/mol. The van der Waals surface area contributed by atoms with Gasteiger partial charge in [-0.15, -0.1) is 0 Å². The van der Waals surface area contributed by atoms with Crippen LogP contribution in [-0.4, -0.2) is 39.8 Å². The predicted molar refractivity (Wildman–Crippen MR) is 138 cm³/mol. The molecule has 6 heteroatoms. The maximum absolute atomic E-state index is 13.0. The molecular formula is C29H31N3O3. The third kappa shape index (κ3) is 4.66. The van der Waals surface area contributed by atoms with Crippen LogP contribution in [-0.2, 0) is 11.3 Å². The Bertz CT molecular complexity index is 1360. The molecule has 180 valence electrons. The minimum absolute atomic E-state index is 0.0536. The van der Waals surface area contributed by atoms with Gasteiger partial charge in [0.25, 0.3) is 0 Å². The zero-order chi connectivity index (χ0) is 24.5. The number of benzene rings is 3. The zero-order valence-corrected chi connectivity index (χ0v) is 20.4. The molecule has 35 heavy (non-hydrogen) atoms. The van der Waals surface area contributed by atoms with Gasteiger partial charge in [0.1, 0.15) is 24.3 Å². The smallest absolute Gasteiger partial charge is 0.227 e. The Morgan fingerprint density at radius 1 is 1.03 bits per heavy atom. The highest BCUT2D eigenvalue weighted by Crippen LogP contribution is 2.33. The van der Waals surface area contributed by atoms with Crippen LogP contribution < -0.4 is 9.64 Å². The number of aliphatic hydroxyl groups excluding tert-OH is 1. The normalized spacial score (nSPS) is 16.7. The number of rotatable bonds is 7. The molecule has 1 aliphatic rings. The average Bonchev–Trinajstić information content (AvgIpc) is 3.39. The van der Waals surface area contributed by atoms with E-state index >= 15 is 0 Å². The van der Waals surface area contributed by atoms with Gasteiger partial charge in [-0.25, -0.2) is 4.98 Å². The first-order valence-electron chi connectivity index (χ1n) is 12.1. The molecule has 2 heterocycles. The van der Waals surface area contributed by atoms with E-state index in [2.05, 4.69) is 4.57 Å². The van der Waals surface area contributed by atoms with Crippen LogP contribution in [0.5, 0.6) is 5.75 Å². The molecule has 1 saturated heterocycles. The Kier molecular flexibility index (Phi) is 6.31. The SMILES string of the molecule is Cc1cccc(N2C[C@@H](c3nc4ccccc4n3C[C@H](O)COc3c(C)cccc3C)CC2=O)c1. The number of carbonyl (C=O) groups is 1. The minimum Gasteiger partial charge on any atom is -0.490 e. The van der Waals surface area contributed by atoms with Gasteiger partial charge in [-0.1, -0.05) is 42.5 Å². The van der Waals surface area contributed by atoms with Gasteiger partial charge in [-0.3, -0.25) is 4.79 Å². The molecule has 0 bridgehead atoms. The van der Waals surface area contributed by atoms with E-state index in [1.54, 1.807) is 0 Å². The van der Waals surface area contributed by atoms with E-state index in [0.717, 1.165) is 45.0 Å². The van der Waals surface area contributed by atoms with E-state index in [-0.39, 0.29) is 18.4 Å². The number of hydrogen-bond donors (Lipinski definition) is 1. The number of nitrogens with zero attached hydrogens (tertiary/aromatic N) is 3. The molecule has 4 aromatic rings. The molecule has 6 nitrogen and oxygen atoms in total.